The second-order valence-corrected chi connectivity index (χ2v) is 1.93. The van der Waals surface area contributed by atoms with Crippen LogP contribution in [0.1, 0.15) is 5.56 Å². The van der Waals surface area contributed by atoms with Crippen LogP contribution in [0.2, 0.25) is 0 Å². The zero-order valence-electron chi connectivity index (χ0n) is 5.34. The van der Waals surface area contributed by atoms with Crippen molar-refractivity contribution < 1.29 is 9.50 Å². The van der Waals surface area contributed by atoms with Crippen LogP contribution in [0.4, 0.5) is 4.39 Å². The van der Waals surface area contributed by atoms with Crippen LogP contribution in [-0.4, -0.2) is 5.11 Å². The molecule has 0 unspecified atom stereocenters. The van der Waals surface area contributed by atoms with Gasteiger partial charge in [-0.05, 0) is 12.1 Å². The zero-order chi connectivity index (χ0) is 7.56. The van der Waals surface area contributed by atoms with E-state index in [1.165, 1.54) is 12.1 Å². The molecule has 0 bridgehead atoms. The number of hydrogen-bond donors (Lipinski definition) is 1. The average molecular weight is 138 g/mol. The number of halogens is 1. The van der Waals surface area contributed by atoms with Gasteiger partial charge in [0.15, 0.2) is 0 Å². The summed E-state index contributed by atoms with van der Waals surface area (Å²) in [7, 11) is 0. The van der Waals surface area contributed by atoms with E-state index in [1.807, 2.05) is 0 Å². The van der Waals surface area contributed by atoms with Gasteiger partial charge in [-0.2, -0.15) is 0 Å². The Morgan fingerprint density at radius 1 is 1.40 bits per heavy atom. The zero-order valence-corrected chi connectivity index (χ0v) is 5.34. The van der Waals surface area contributed by atoms with Gasteiger partial charge in [-0.1, -0.05) is 18.7 Å². The fraction of sp³-hybridized carbons (Fsp3) is 0. The largest absolute Gasteiger partial charge is 0.508 e. The predicted octanol–water partition coefficient (Wildman–Crippen LogP) is 2.35. The molecule has 0 amide bonds. The molecule has 0 aliphatic heterocycles. The van der Waals surface area contributed by atoms with Gasteiger partial charge in [-0.15, -0.1) is 0 Å². The van der Waals surface area contributed by atoms with Crippen molar-refractivity contribution >= 4 is 5.76 Å². The lowest BCUT2D eigenvalue weighted by molar-refractivity contribution is 0.504. The fourth-order valence-corrected chi connectivity index (χ4v) is 0.695. The van der Waals surface area contributed by atoms with Gasteiger partial charge >= 0.3 is 0 Å². The number of aliphatic hydroxyl groups is 1. The van der Waals surface area contributed by atoms with Crippen LogP contribution in [0.25, 0.3) is 5.76 Å². The van der Waals surface area contributed by atoms with E-state index >= 15 is 0 Å². The summed E-state index contributed by atoms with van der Waals surface area (Å²) in [5, 5.41) is 8.77. The quantitative estimate of drug-likeness (QED) is 0.590. The van der Waals surface area contributed by atoms with E-state index in [9.17, 15) is 4.39 Å². The second-order valence-electron chi connectivity index (χ2n) is 1.93. The Bertz CT molecular complexity index is 255. The molecule has 1 N–H and O–H groups in total. The van der Waals surface area contributed by atoms with Gasteiger partial charge in [0, 0.05) is 0 Å². The van der Waals surface area contributed by atoms with E-state index in [4.69, 9.17) is 5.11 Å². The maximum atomic E-state index is 12.6. The van der Waals surface area contributed by atoms with E-state index < -0.39 is 5.82 Å². The first-order valence-corrected chi connectivity index (χ1v) is 2.84. The number of benzene rings is 1. The first-order chi connectivity index (χ1) is 4.72. The summed E-state index contributed by atoms with van der Waals surface area (Å²) in [5.74, 6) is -0.687. The van der Waals surface area contributed by atoms with Crippen molar-refractivity contribution in [3.05, 3.63) is 42.2 Å². The number of aliphatic hydroxyl groups excluding tert-OH is 1. The third-order valence-corrected chi connectivity index (χ3v) is 1.18. The van der Waals surface area contributed by atoms with Crippen LogP contribution in [-0.2, 0) is 0 Å². The maximum absolute atomic E-state index is 12.6. The SMILES string of the molecule is C=C(O)c1ccccc1F. The molecular formula is C8H7FO. The van der Waals surface area contributed by atoms with E-state index in [1.54, 1.807) is 12.1 Å². The third-order valence-electron chi connectivity index (χ3n) is 1.18. The maximum Gasteiger partial charge on any atom is 0.134 e. The van der Waals surface area contributed by atoms with Crippen molar-refractivity contribution in [2.75, 3.05) is 0 Å². The van der Waals surface area contributed by atoms with Crippen molar-refractivity contribution in [2.24, 2.45) is 0 Å². The highest BCUT2D eigenvalue weighted by molar-refractivity contribution is 5.56. The molecule has 0 heterocycles. The molecule has 0 aliphatic rings. The molecule has 2 heteroatoms. The lowest BCUT2D eigenvalue weighted by Gasteiger charge is -1.97. The van der Waals surface area contributed by atoms with Crippen LogP contribution in [0, 0.1) is 5.82 Å². The first kappa shape index (κ1) is 6.81. The minimum absolute atomic E-state index is 0.155. The van der Waals surface area contributed by atoms with Crippen LogP contribution in [0.5, 0.6) is 0 Å². The Morgan fingerprint density at radius 2 is 2.00 bits per heavy atom. The Morgan fingerprint density at radius 3 is 2.40 bits per heavy atom. The van der Waals surface area contributed by atoms with E-state index in [0.29, 0.717) is 0 Å². The predicted molar refractivity (Wildman–Crippen MR) is 38.1 cm³/mol. The summed E-state index contributed by atoms with van der Waals surface area (Å²) in [5.41, 5.74) is 0.155. The molecule has 0 saturated heterocycles. The first-order valence-electron chi connectivity index (χ1n) is 2.84. The summed E-state index contributed by atoms with van der Waals surface area (Å²) in [6.07, 6.45) is 0. The lowest BCUT2D eigenvalue weighted by atomic mass is 10.2. The van der Waals surface area contributed by atoms with Crippen molar-refractivity contribution in [2.45, 2.75) is 0 Å². The van der Waals surface area contributed by atoms with Gasteiger partial charge in [0.25, 0.3) is 0 Å². The molecule has 1 nitrogen and oxygen atoms in total. The standard InChI is InChI=1S/C8H7FO/c1-6(10)7-4-2-3-5-8(7)9/h2-5,10H,1H2. The second kappa shape index (κ2) is 2.52. The monoisotopic (exact) mass is 138 g/mol. The number of rotatable bonds is 1. The van der Waals surface area contributed by atoms with E-state index in [0.717, 1.165) is 0 Å². The van der Waals surface area contributed by atoms with E-state index in [2.05, 4.69) is 6.58 Å². The molecule has 1 rings (SSSR count). The minimum Gasteiger partial charge on any atom is -0.508 e. The van der Waals surface area contributed by atoms with Crippen LogP contribution >= 0.6 is 0 Å². The van der Waals surface area contributed by atoms with E-state index in [-0.39, 0.29) is 11.3 Å². The van der Waals surface area contributed by atoms with Crippen LogP contribution in [0.3, 0.4) is 0 Å². The topological polar surface area (TPSA) is 20.2 Å². The molecule has 0 atom stereocenters. The van der Waals surface area contributed by atoms with Crippen molar-refractivity contribution in [3.63, 3.8) is 0 Å². The molecule has 10 heavy (non-hydrogen) atoms. The van der Waals surface area contributed by atoms with Crippen molar-refractivity contribution in [1.82, 2.24) is 0 Å². The average Bonchev–Trinajstić information content (AvgIpc) is 1.88. The van der Waals surface area contributed by atoms with Gasteiger partial charge in [-0.3, -0.25) is 0 Å². The van der Waals surface area contributed by atoms with Gasteiger partial charge in [0.1, 0.15) is 11.6 Å². The van der Waals surface area contributed by atoms with Crippen LogP contribution < -0.4 is 0 Å². The van der Waals surface area contributed by atoms with Gasteiger partial charge in [0.2, 0.25) is 0 Å². The molecule has 52 valence electrons. The highest BCUT2D eigenvalue weighted by Gasteiger charge is 2.00. The summed E-state index contributed by atoms with van der Waals surface area (Å²) in [6, 6.07) is 5.94. The smallest absolute Gasteiger partial charge is 0.134 e. The van der Waals surface area contributed by atoms with Crippen molar-refractivity contribution in [1.29, 1.82) is 0 Å². The summed E-state index contributed by atoms with van der Waals surface area (Å²) in [4.78, 5) is 0. The molecule has 0 radical (unpaired) electrons. The summed E-state index contributed by atoms with van der Waals surface area (Å²) < 4.78 is 12.6. The molecular weight excluding hydrogens is 131 g/mol. The fourth-order valence-electron chi connectivity index (χ4n) is 0.695. The Labute approximate surface area is 58.4 Å². The highest BCUT2D eigenvalue weighted by atomic mass is 19.1. The van der Waals surface area contributed by atoms with Crippen molar-refractivity contribution in [3.8, 4) is 0 Å². The molecule has 0 fully saturated rings. The molecule has 1 aromatic carbocycles. The molecule has 0 aliphatic carbocycles. The van der Waals surface area contributed by atoms with Crippen LogP contribution in [0.15, 0.2) is 30.8 Å². The lowest BCUT2D eigenvalue weighted by Crippen LogP contribution is -1.85. The normalized spacial score (nSPS) is 9.30. The minimum atomic E-state index is -0.449. The molecule has 0 saturated carbocycles. The Balaban J connectivity index is 3.15. The third kappa shape index (κ3) is 1.16. The molecule has 0 spiro atoms. The summed E-state index contributed by atoms with van der Waals surface area (Å²) in [6.45, 7) is 3.20. The highest BCUT2D eigenvalue weighted by Crippen LogP contribution is 2.12. The molecule has 1 aromatic rings. The van der Waals surface area contributed by atoms with Gasteiger partial charge < -0.3 is 5.11 Å². The Kier molecular flexibility index (Phi) is 1.71. The molecule has 0 aromatic heterocycles. The summed E-state index contributed by atoms with van der Waals surface area (Å²) >= 11 is 0. The van der Waals surface area contributed by atoms with Gasteiger partial charge in [-0.25, -0.2) is 4.39 Å². The Hall–Kier alpha value is -1.31. The van der Waals surface area contributed by atoms with Gasteiger partial charge in [0.05, 0.1) is 5.56 Å². The number of hydrogen-bond acceptors (Lipinski definition) is 1.